The Bertz CT molecular complexity index is 472. The summed E-state index contributed by atoms with van der Waals surface area (Å²) in [6.45, 7) is 0. The second-order valence-corrected chi connectivity index (χ2v) is 4.96. The molecule has 6 nitrogen and oxygen atoms in total. The fourth-order valence-electron chi connectivity index (χ4n) is 2.06. The minimum atomic E-state index is -0.721. The molecule has 0 aromatic heterocycles. The molecular weight excluding hydrogens is 248 g/mol. The van der Waals surface area contributed by atoms with Crippen molar-refractivity contribution in [2.45, 2.75) is 37.5 Å². The highest BCUT2D eigenvalue weighted by atomic mass is 16.3. The molecule has 1 aromatic carbocycles. The second-order valence-electron chi connectivity index (χ2n) is 4.96. The number of phenols is 2. The number of carbonyl (C=O) groups excluding carboxylic acids is 1. The van der Waals surface area contributed by atoms with Crippen LogP contribution in [0.3, 0.4) is 0 Å². The van der Waals surface area contributed by atoms with Crippen LogP contribution in [0, 0.1) is 0 Å². The van der Waals surface area contributed by atoms with Crippen molar-refractivity contribution in [2.24, 2.45) is 5.73 Å². The minimum absolute atomic E-state index is 0.00164. The number of carbonyl (C=O) groups is 1. The number of aromatic hydroxyl groups is 2. The Hall–Kier alpha value is -1.79. The van der Waals surface area contributed by atoms with Crippen LogP contribution in [0.1, 0.15) is 18.4 Å². The van der Waals surface area contributed by atoms with Gasteiger partial charge in [0.1, 0.15) is 0 Å². The third-order valence-corrected chi connectivity index (χ3v) is 3.29. The van der Waals surface area contributed by atoms with Gasteiger partial charge in [-0.05, 0) is 37.0 Å². The zero-order valence-electron chi connectivity index (χ0n) is 10.4. The molecule has 6 N–H and O–H groups in total. The van der Waals surface area contributed by atoms with E-state index in [1.54, 1.807) is 6.07 Å². The van der Waals surface area contributed by atoms with Crippen LogP contribution in [-0.2, 0) is 11.2 Å². The third kappa shape index (κ3) is 3.36. The summed E-state index contributed by atoms with van der Waals surface area (Å²) in [5.74, 6) is -0.707. The number of benzene rings is 1. The molecule has 0 spiro atoms. The molecule has 1 amide bonds. The van der Waals surface area contributed by atoms with E-state index >= 15 is 0 Å². The molecule has 1 saturated carbocycles. The van der Waals surface area contributed by atoms with Crippen molar-refractivity contribution in [3.05, 3.63) is 23.8 Å². The summed E-state index contributed by atoms with van der Waals surface area (Å²) >= 11 is 0. The quantitative estimate of drug-likeness (QED) is 0.476. The molecule has 1 aliphatic rings. The maximum absolute atomic E-state index is 11.8. The van der Waals surface area contributed by atoms with Crippen LogP contribution in [0.5, 0.6) is 11.5 Å². The van der Waals surface area contributed by atoms with Crippen molar-refractivity contribution in [3.63, 3.8) is 0 Å². The lowest BCUT2D eigenvalue weighted by atomic mass is 9.89. The second kappa shape index (κ2) is 5.46. The summed E-state index contributed by atoms with van der Waals surface area (Å²) in [7, 11) is 0. The zero-order valence-corrected chi connectivity index (χ0v) is 10.4. The highest BCUT2D eigenvalue weighted by Crippen LogP contribution is 2.25. The van der Waals surface area contributed by atoms with Gasteiger partial charge in [0.15, 0.2) is 11.5 Å². The Balaban J connectivity index is 1.87. The van der Waals surface area contributed by atoms with Gasteiger partial charge < -0.3 is 26.4 Å². The molecule has 0 radical (unpaired) electrons. The molecule has 2 rings (SSSR count). The minimum Gasteiger partial charge on any atom is -0.504 e. The molecule has 19 heavy (non-hydrogen) atoms. The van der Waals surface area contributed by atoms with E-state index in [2.05, 4.69) is 5.32 Å². The molecule has 0 heterocycles. The first-order valence-corrected chi connectivity index (χ1v) is 6.20. The van der Waals surface area contributed by atoms with Gasteiger partial charge in [0.2, 0.25) is 5.91 Å². The van der Waals surface area contributed by atoms with Crippen LogP contribution >= 0.6 is 0 Å². The van der Waals surface area contributed by atoms with Crippen molar-refractivity contribution in [1.82, 2.24) is 5.32 Å². The highest BCUT2D eigenvalue weighted by Gasteiger charge is 2.29. The monoisotopic (exact) mass is 266 g/mol. The normalized spacial score (nSPS) is 23.5. The highest BCUT2D eigenvalue weighted by molar-refractivity contribution is 5.82. The Morgan fingerprint density at radius 3 is 2.63 bits per heavy atom. The number of aliphatic hydroxyl groups excluding tert-OH is 1. The van der Waals surface area contributed by atoms with E-state index < -0.39 is 6.04 Å². The topological polar surface area (TPSA) is 116 Å². The fraction of sp³-hybridized carbons (Fsp3) is 0.462. The van der Waals surface area contributed by atoms with Crippen LogP contribution in [0.15, 0.2) is 18.2 Å². The van der Waals surface area contributed by atoms with Gasteiger partial charge in [-0.1, -0.05) is 6.07 Å². The predicted molar refractivity (Wildman–Crippen MR) is 68.6 cm³/mol. The molecule has 0 bridgehead atoms. The Morgan fingerprint density at radius 1 is 1.37 bits per heavy atom. The number of rotatable bonds is 4. The molecule has 1 atom stereocenters. The lowest BCUT2D eigenvalue weighted by molar-refractivity contribution is -0.124. The number of nitrogens with two attached hydrogens (primary N) is 1. The Kier molecular flexibility index (Phi) is 3.92. The third-order valence-electron chi connectivity index (χ3n) is 3.29. The molecule has 6 heteroatoms. The summed E-state index contributed by atoms with van der Waals surface area (Å²) in [5, 5.41) is 30.4. The number of phenolic OH excluding ortho intramolecular Hbond substituents is 2. The largest absolute Gasteiger partial charge is 0.504 e. The average Bonchev–Trinajstić information content (AvgIpc) is 2.31. The van der Waals surface area contributed by atoms with Crippen LogP contribution in [0.2, 0.25) is 0 Å². The molecular formula is C13H18N2O4. The summed E-state index contributed by atoms with van der Waals surface area (Å²) in [6, 6.07) is 3.63. The van der Waals surface area contributed by atoms with E-state index in [4.69, 9.17) is 10.8 Å². The lowest BCUT2D eigenvalue weighted by Crippen LogP contribution is -2.52. The number of aliphatic hydroxyl groups is 1. The van der Waals surface area contributed by atoms with E-state index in [0.29, 0.717) is 18.4 Å². The maximum Gasteiger partial charge on any atom is 0.237 e. The molecule has 1 aromatic rings. The van der Waals surface area contributed by atoms with Crippen LogP contribution in [0.4, 0.5) is 0 Å². The van der Waals surface area contributed by atoms with Gasteiger partial charge in [0.25, 0.3) is 0 Å². The molecule has 0 aliphatic heterocycles. The molecule has 104 valence electrons. The summed E-state index contributed by atoms with van der Waals surface area (Å²) in [4.78, 5) is 11.8. The van der Waals surface area contributed by atoms with E-state index in [1.165, 1.54) is 12.1 Å². The SMILES string of the molecule is N[C@@H](Cc1ccc(O)c(O)c1)C(=O)NC1CC(O)C1. The first-order valence-electron chi connectivity index (χ1n) is 6.20. The van der Waals surface area contributed by atoms with E-state index in [9.17, 15) is 15.0 Å². The van der Waals surface area contributed by atoms with Crippen LogP contribution in [-0.4, -0.2) is 39.4 Å². The van der Waals surface area contributed by atoms with Crippen molar-refractivity contribution in [1.29, 1.82) is 0 Å². The summed E-state index contributed by atoms with van der Waals surface area (Å²) < 4.78 is 0. The van der Waals surface area contributed by atoms with Gasteiger partial charge in [-0.2, -0.15) is 0 Å². The van der Waals surface area contributed by atoms with Crippen molar-refractivity contribution >= 4 is 5.91 Å². The Morgan fingerprint density at radius 2 is 2.05 bits per heavy atom. The van der Waals surface area contributed by atoms with Gasteiger partial charge >= 0.3 is 0 Å². The standard InChI is InChI=1S/C13H18N2O4/c14-10(13(19)15-8-5-9(16)6-8)3-7-1-2-11(17)12(18)4-7/h1-2,4,8-10,16-18H,3,5-6,14H2,(H,15,19)/t8?,9?,10-/m0/s1. The first-order chi connectivity index (χ1) is 8.95. The number of hydrogen-bond acceptors (Lipinski definition) is 5. The van der Waals surface area contributed by atoms with Crippen molar-refractivity contribution in [3.8, 4) is 11.5 Å². The zero-order chi connectivity index (χ0) is 14.0. The predicted octanol–water partition coefficient (Wildman–Crippen LogP) is -0.393. The van der Waals surface area contributed by atoms with E-state index in [0.717, 1.165) is 0 Å². The van der Waals surface area contributed by atoms with Gasteiger partial charge in [-0.3, -0.25) is 4.79 Å². The smallest absolute Gasteiger partial charge is 0.237 e. The van der Waals surface area contributed by atoms with Gasteiger partial charge in [-0.25, -0.2) is 0 Å². The van der Waals surface area contributed by atoms with Gasteiger partial charge in [-0.15, -0.1) is 0 Å². The van der Waals surface area contributed by atoms with E-state index in [1.807, 2.05) is 0 Å². The van der Waals surface area contributed by atoms with Gasteiger partial charge in [0, 0.05) is 6.04 Å². The lowest BCUT2D eigenvalue weighted by Gasteiger charge is -2.32. The van der Waals surface area contributed by atoms with Gasteiger partial charge in [0.05, 0.1) is 12.1 Å². The first kappa shape index (κ1) is 13.6. The fourth-order valence-corrected chi connectivity index (χ4v) is 2.06. The molecule has 1 aliphatic carbocycles. The van der Waals surface area contributed by atoms with Crippen LogP contribution < -0.4 is 11.1 Å². The van der Waals surface area contributed by atoms with E-state index in [-0.39, 0.29) is 36.0 Å². The maximum atomic E-state index is 11.8. The molecule has 0 saturated heterocycles. The van der Waals surface area contributed by atoms with Crippen LogP contribution in [0.25, 0.3) is 0 Å². The molecule has 0 unspecified atom stereocenters. The molecule has 1 fully saturated rings. The number of hydrogen-bond donors (Lipinski definition) is 5. The van der Waals surface area contributed by atoms with Crippen molar-refractivity contribution in [2.75, 3.05) is 0 Å². The Labute approximate surface area is 110 Å². The summed E-state index contributed by atoms with van der Waals surface area (Å²) in [6.07, 6.45) is 1.09. The average molecular weight is 266 g/mol. The van der Waals surface area contributed by atoms with Crippen molar-refractivity contribution < 1.29 is 20.1 Å². The summed E-state index contributed by atoms with van der Waals surface area (Å²) in [5.41, 5.74) is 6.45. The number of amides is 1. The number of nitrogens with one attached hydrogen (secondary N) is 1.